The summed E-state index contributed by atoms with van der Waals surface area (Å²) in [5.74, 6) is -12.7. The van der Waals surface area contributed by atoms with Gasteiger partial charge in [-0.3, -0.25) is 24.1 Å². The molecular formula is C33H34B2F5N3O9. The Hall–Kier alpha value is -4.68. The number of likely N-dealkylation sites (tertiary alicyclic amines) is 1. The number of carbonyl (C=O) groups is 4. The number of aliphatic carboxylic acids is 1. The first-order chi connectivity index (χ1) is 24.7. The highest BCUT2D eigenvalue weighted by molar-refractivity contribution is 6.62. The molecule has 2 atom stereocenters. The Labute approximate surface area is 295 Å². The number of nitrogens with zero attached hydrogens (tertiary/aromatic N) is 1. The SMILES string of the molecule is CN1CCCC1C(=O)NC(CC(=O)O)Cc1c(F)c(F)c(F)c(F)c1F.CNC(=O)c1ccc2c(c1)B(O)OC2.O=Cc1ccc2c(c1)B(O)OC2. The van der Waals surface area contributed by atoms with Gasteiger partial charge in [-0.05, 0) is 67.0 Å². The minimum Gasteiger partial charge on any atom is -0.481 e. The zero-order valence-corrected chi connectivity index (χ0v) is 27.9. The minimum absolute atomic E-state index is 0.160. The third-order valence-corrected chi connectivity index (χ3v) is 8.61. The third kappa shape index (κ3) is 9.40. The lowest BCUT2D eigenvalue weighted by atomic mass is 9.79. The fraction of sp³-hybridized carbons (Fsp3) is 0.333. The van der Waals surface area contributed by atoms with Crippen LogP contribution in [0.3, 0.4) is 0 Å². The Balaban J connectivity index is 0.000000193. The molecule has 6 rings (SSSR count). The van der Waals surface area contributed by atoms with Crippen LogP contribution in [0.5, 0.6) is 0 Å². The van der Waals surface area contributed by atoms with Crippen molar-refractivity contribution in [2.24, 2.45) is 0 Å². The van der Waals surface area contributed by atoms with Crippen LogP contribution < -0.4 is 21.6 Å². The molecule has 3 aromatic carbocycles. The monoisotopic (exact) mass is 733 g/mol. The predicted molar refractivity (Wildman–Crippen MR) is 176 cm³/mol. The lowest BCUT2D eigenvalue weighted by Gasteiger charge is -2.23. The van der Waals surface area contributed by atoms with Crippen molar-refractivity contribution < 1.29 is 65.6 Å². The van der Waals surface area contributed by atoms with E-state index in [0.717, 1.165) is 23.8 Å². The average molecular weight is 733 g/mol. The van der Waals surface area contributed by atoms with E-state index in [1.165, 1.54) is 0 Å². The smallest absolute Gasteiger partial charge is 0.481 e. The molecular weight excluding hydrogens is 699 g/mol. The molecule has 3 heterocycles. The van der Waals surface area contributed by atoms with Crippen molar-refractivity contribution in [1.82, 2.24) is 15.5 Å². The summed E-state index contributed by atoms with van der Waals surface area (Å²) in [5.41, 5.74) is 3.23. The molecule has 276 valence electrons. The first-order valence-corrected chi connectivity index (χ1v) is 15.9. The maximum absolute atomic E-state index is 13.8. The zero-order chi connectivity index (χ0) is 38.3. The Bertz CT molecular complexity index is 1810. The second kappa shape index (κ2) is 17.7. The topological polar surface area (TPSA) is 175 Å². The molecule has 5 N–H and O–H groups in total. The molecule has 0 spiro atoms. The van der Waals surface area contributed by atoms with Crippen LogP contribution in [0.2, 0.25) is 0 Å². The number of aldehydes is 1. The van der Waals surface area contributed by atoms with Gasteiger partial charge >= 0.3 is 20.2 Å². The summed E-state index contributed by atoms with van der Waals surface area (Å²) < 4.78 is 77.3. The number of hydrogen-bond donors (Lipinski definition) is 5. The fourth-order valence-electron chi connectivity index (χ4n) is 5.81. The lowest BCUT2D eigenvalue weighted by molar-refractivity contribution is -0.137. The highest BCUT2D eigenvalue weighted by Crippen LogP contribution is 2.25. The van der Waals surface area contributed by atoms with Crippen molar-refractivity contribution in [1.29, 1.82) is 0 Å². The number of carboxylic acid groups (broad SMARTS) is 1. The molecule has 2 amide bonds. The maximum Gasteiger partial charge on any atom is 0.491 e. The molecule has 1 fully saturated rings. The number of benzene rings is 3. The number of amides is 2. The molecule has 12 nitrogen and oxygen atoms in total. The van der Waals surface area contributed by atoms with Gasteiger partial charge in [-0.15, -0.1) is 0 Å². The highest BCUT2D eigenvalue weighted by atomic mass is 19.2. The standard InChI is InChI=1S/C16H17F5N2O3.C9H10BNO3.C8H7BO3/c1-23-4-2-3-9(23)16(26)22-7(6-10(24)25)5-8-11(17)13(19)15(21)14(20)12(8)18;1-11-9(12)6-2-3-7-5-14-10(13)8(7)4-6;10-4-6-1-2-7-5-12-9(11)8(7)3-6/h7,9H,2-6H2,1H3,(H,22,26)(H,24,25);2-4,13H,5H2,1H3,(H,11,12);1-4,11H,5H2. The quantitative estimate of drug-likeness (QED) is 0.0738. The number of carbonyl (C=O) groups excluding carboxylic acids is 3. The van der Waals surface area contributed by atoms with Crippen molar-refractivity contribution in [3.63, 3.8) is 0 Å². The van der Waals surface area contributed by atoms with Crippen LogP contribution in [0, 0.1) is 29.1 Å². The van der Waals surface area contributed by atoms with Crippen LogP contribution in [0.15, 0.2) is 36.4 Å². The van der Waals surface area contributed by atoms with Gasteiger partial charge in [0.2, 0.25) is 11.7 Å². The van der Waals surface area contributed by atoms with E-state index in [9.17, 15) is 51.2 Å². The van der Waals surface area contributed by atoms with Gasteiger partial charge < -0.3 is 35.1 Å². The second-order valence-corrected chi connectivity index (χ2v) is 12.1. The number of fused-ring (bicyclic) bond motifs is 2. The van der Waals surface area contributed by atoms with Gasteiger partial charge in [0.1, 0.15) is 6.29 Å². The number of rotatable bonds is 8. The summed E-state index contributed by atoms with van der Waals surface area (Å²) in [4.78, 5) is 46.6. The summed E-state index contributed by atoms with van der Waals surface area (Å²) in [6.07, 6.45) is 0.438. The van der Waals surface area contributed by atoms with Gasteiger partial charge in [-0.2, -0.15) is 0 Å². The molecule has 19 heteroatoms. The molecule has 52 heavy (non-hydrogen) atoms. The highest BCUT2D eigenvalue weighted by Gasteiger charge is 2.33. The molecule has 0 aromatic heterocycles. The van der Waals surface area contributed by atoms with Crippen molar-refractivity contribution in [3.8, 4) is 0 Å². The summed E-state index contributed by atoms with van der Waals surface area (Å²) in [7, 11) is 1.50. The van der Waals surface area contributed by atoms with Crippen LogP contribution in [0.4, 0.5) is 22.0 Å². The molecule has 0 radical (unpaired) electrons. The van der Waals surface area contributed by atoms with Crippen LogP contribution in [-0.2, 0) is 38.5 Å². The molecule has 1 saturated heterocycles. The van der Waals surface area contributed by atoms with E-state index in [2.05, 4.69) is 10.6 Å². The number of halogens is 5. The van der Waals surface area contributed by atoms with Crippen molar-refractivity contribution in [2.75, 3.05) is 20.6 Å². The largest absolute Gasteiger partial charge is 0.491 e. The summed E-state index contributed by atoms with van der Waals surface area (Å²) >= 11 is 0. The number of nitrogens with one attached hydrogen (secondary N) is 2. The number of hydrogen-bond acceptors (Lipinski definition) is 9. The van der Waals surface area contributed by atoms with E-state index < -0.39 is 85.7 Å². The third-order valence-electron chi connectivity index (χ3n) is 8.61. The fourth-order valence-corrected chi connectivity index (χ4v) is 5.81. The molecule has 3 aliphatic heterocycles. The van der Waals surface area contributed by atoms with Crippen LogP contribution >= 0.6 is 0 Å². The first-order valence-electron chi connectivity index (χ1n) is 15.9. The van der Waals surface area contributed by atoms with E-state index >= 15 is 0 Å². The maximum atomic E-state index is 13.8. The molecule has 3 aromatic rings. The Morgan fingerprint density at radius 3 is 2.00 bits per heavy atom. The number of carboxylic acids is 1. The minimum atomic E-state index is -2.30. The number of likely N-dealkylation sites (N-methyl/N-ethyl adjacent to an activating group) is 1. The van der Waals surface area contributed by atoms with Crippen LogP contribution in [-0.4, -0.2) is 91.1 Å². The molecule has 2 unspecified atom stereocenters. The van der Waals surface area contributed by atoms with E-state index in [1.807, 2.05) is 0 Å². The Morgan fingerprint density at radius 1 is 0.923 bits per heavy atom. The molecule has 0 bridgehead atoms. The average Bonchev–Trinajstić information content (AvgIpc) is 3.85. The van der Waals surface area contributed by atoms with E-state index in [-0.39, 0.29) is 5.91 Å². The summed E-state index contributed by atoms with van der Waals surface area (Å²) in [6.45, 7) is 1.49. The second-order valence-electron chi connectivity index (χ2n) is 12.1. The predicted octanol–water partition coefficient (Wildman–Crippen LogP) is 0.959. The van der Waals surface area contributed by atoms with Gasteiger partial charge in [0.25, 0.3) is 5.91 Å². The van der Waals surface area contributed by atoms with Crippen molar-refractivity contribution in [2.45, 2.75) is 51.0 Å². The van der Waals surface area contributed by atoms with E-state index in [0.29, 0.717) is 48.2 Å². The van der Waals surface area contributed by atoms with E-state index in [4.69, 9.17) is 14.4 Å². The zero-order valence-electron chi connectivity index (χ0n) is 27.9. The van der Waals surface area contributed by atoms with Crippen LogP contribution in [0.25, 0.3) is 0 Å². The first kappa shape index (κ1) is 40.1. The summed E-state index contributed by atoms with van der Waals surface area (Å²) in [6, 6.07) is 8.48. The Morgan fingerprint density at radius 2 is 1.48 bits per heavy atom. The lowest BCUT2D eigenvalue weighted by Crippen LogP contribution is -2.47. The van der Waals surface area contributed by atoms with Crippen molar-refractivity contribution in [3.05, 3.63) is 93.3 Å². The molecule has 0 aliphatic carbocycles. The normalized spacial score (nSPS) is 16.5. The van der Waals surface area contributed by atoms with Gasteiger partial charge in [0.15, 0.2) is 23.3 Å². The van der Waals surface area contributed by atoms with E-state index in [1.54, 1.807) is 55.4 Å². The van der Waals surface area contributed by atoms with Crippen molar-refractivity contribution >= 4 is 49.2 Å². The van der Waals surface area contributed by atoms with Gasteiger partial charge in [0, 0.05) is 29.8 Å². The van der Waals surface area contributed by atoms with Crippen LogP contribution in [0.1, 0.15) is 56.7 Å². The summed E-state index contributed by atoms with van der Waals surface area (Å²) in [5, 5.41) is 32.5. The van der Waals surface area contributed by atoms with Gasteiger partial charge in [0.05, 0.1) is 25.7 Å². The van der Waals surface area contributed by atoms with Gasteiger partial charge in [-0.25, -0.2) is 22.0 Å². The Kier molecular flexibility index (Phi) is 13.6. The van der Waals surface area contributed by atoms with Gasteiger partial charge in [-0.1, -0.05) is 24.3 Å². The molecule has 3 aliphatic rings. The molecule has 0 saturated carbocycles.